The minimum Gasteiger partial charge on any atom is -0.478 e. The number of amides is 1. The summed E-state index contributed by atoms with van der Waals surface area (Å²) in [5, 5.41) is 29.8. The number of H-pyrrole nitrogens is 2. The number of hydrogen-bond acceptors (Lipinski definition) is 11. The zero-order valence-electron chi connectivity index (χ0n) is 35.7. The van der Waals surface area contributed by atoms with Crippen LogP contribution in [0.3, 0.4) is 0 Å². The first-order valence-electron chi connectivity index (χ1n) is 20.6. The van der Waals surface area contributed by atoms with E-state index in [1.807, 2.05) is 44.2 Å². The van der Waals surface area contributed by atoms with E-state index >= 15 is 0 Å². The van der Waals surface area contributed by atoms with E-state index in [2.05, 4.69) is 45.2 Å². The van der Waals surface area contributed by atoms with Crippen LogP contribution in [0.15, 0.2) is 109 Å². The van der Waals surface area contributed by atoms with Gasteiger partial charge in [0.1, 0.15) is 35.4 Å². The molecule has 1 amide bonds. The van der Waals surface area contributed by atoms with Crippen molar-refractivity contribution in [2.24, 2.45) is 0 Å². The van der Waals surface area contributed by atoms with Crippen LogP contribution in [0.5, 0.6) is 0 Å². The fraction of sp³-hybridized carbons (Fsp3) is 0.208. The van der Waals surface area contributed by atoms with Gasteiger partial charge in [-0.1, -0.05) is 36.4 Å². The lowest BCUT2D eigenvalue weighted by Gasteiger charge is -2.46. The van der Waals surface area contributed by atoms with E-state index in [0.717, 1.165) is 11.4 Å². The van der Waals surface area contributed by atoms with Crippen LogP contribution in [0.25, 0.3) is 22.3 Å². The van der Waals surface area contributed by atoms with Crippen molar-refractivity contribution in [2.45, 2.75) is 62.2 Å². The highest BCUT2D eigenvalue weighted by Crippen LogP contribution is 2.57. The molecule has 336 valence electrons. The van der Waals surface area contributed by atoms with Gasteiger partial charge in [-0.3, -0.25) is 4.79 Å². The number of aromatic nitrogens is 8. The van der Waals surface area contributed by atoms with E-state index in [1.165, 1.54) is 24.5 Å². The number of carbonyl (C=O) groups is 2. The number of nitriles is 2. The fourth-order valence-electron chi connectivity index (χ4n) is 8.29. The van der Waals surface area contributed by atoms with Gasteiger partial charge in [0.15, 0.2) is 11.3 Å². The molecule has 10 rings (SSSR count). The lowest BCUT2D eigenvalue weighted by Crippen LogP contribution is -2.50. The molecule has 0 atom stereocenters. The number of carboxylic acids is 1. The maximum Gasteiger partial charge on any atom is 0.335 e. The monoisotopic (exact) mass is 906 g/mol. The minimum absolute atomic E-state index is 0.0833. The molecule has 2 aliphatic carbocycles. The molecule has 6 N–H and O–H groups in total. The first-order chi connectivity index (χ1) is 31.9. The van der Waals surface area contributed by atoms with Crippen LogP contribution >= 0.6 is 0 Å². The van der Waals surface area contributed by atoms with Crippen molar-refractivity contribution in [3.63, 3.8) is 0 Å². The number of nitrogens with one attached hydrogen (secondary N) is 3. The van der Waals surface area contributed by atoms with Gasteiger partial charge in [0.05, 0.1) is 38.6 Å². The Labute approximate surface area is 378 Å². The molecule has 0 radical (unpaired) electrons. The Bertz CT molecular complexity index is 3230. The maximum atomic E-state index is 14.1. The van der Waals surface area contributed by atoms with Crippen LogP contribution in [0.1, 0.15) is 91.7 Å². The molecule has 0 spiro atoms. The second-order valence-electron chi connectivity index (χ2n) is 16.4. The summed E-state index contributed by atoms with van der Waals surface area (Å²) in [6, 6.07) is 30.4. The zero-order chi connectivity index (χ0) is 47.7. The number of nitrogens with two attached hydrogens (primary N) is 1. The van der Waals surface area contributed by atoms with Crippen LogP contribution < -0.4 is 11.1 Å². The lowest BCUT2D eigenvalue weighted by atomic mass is 9.61. The molecule has 6 aromatic heterocycles. The number of aromatic amines is 2. The topological polar surface area (TPSA) is 249 Å². The van der Waals surface area contributed by atoms with E-state index < -0.39 is 54.3 Å². The molecule has 2 saturated carbocycles. The Morgan fingerprint density at radius 3 is 1.49 bits per heavy atom. The summed E-state index contributed by atoms with van der Waals surface area (Å²) in [7, 11) is 0. The third-order valence-corrected chi connectivity index (χ3v) is 11.5. The predicted octanol–water partition coefficient (Wildman–Crippen LogP) is 8.72. The number of nitrogen functional groups attached to an aromatic ring is 1. The van der Waals surface area contributed by atoms with Crippen molar-refractivity contribution in [1.29, 1.82) is 10.5 Å². The van der Waals surface area contributed by atoms with Crippen LogP contribution in [0.2, 0.25) is 0 Å². The van der Waals surface area contributed by atoms with Crippen LogP contribution in [-0.2, 0) is 10.8 Å². The van der Waals surface area contributed by atoms with Gasteiger partial charge in [0.2, 0.25) is 0 Å². The van der Waals surface area contributed by atoms with Crippen molar-refractivity contribution in [3.8, 4) is 12.1 Å². The van der Waals surface area contributed by atoms with Gasteiger partial charge in [-0.2, -0.15) is 10.5 Å². The average Bonchev–Trinajstić information content (AvgIpc) is 3.92. The molecule has 0 saturated heterocycles. The third kappa shape index (κ3) is 9.34. The number of imidazole rings is 2. The van der Waals surface area contributed by atoms with Gasteiger partial charge in [0, 0.05) is 55.0 Å². The van der Waals surface area contributed by atoms with Crippen molar-refractivity contribution in [2.75, 3.05) is 11.1 Å². The summed E-state index contributed by atoms with van der Waals surface area (Å²) in [5.74, 6) is -5.34. The molecule has 2 aromatic carbocycles. The standard InChI is InChI=1S/C24H18F2N6O.C18H12F2N4O2.C6H8N2/c1-14-3-2-4-19(29-14)31-21(33)16-5-7-17(8-6-16)23(12-24(25,26)13-23)22-30-18-9-15(10-27)11-28-20(18)32-22;19-18(20)8-17(9-18,12-3-1-11(2-4-12)15(25)26)16-23-13-5-10(6-21)7-22-14(13)24-16;1-5-3-2-4-6(7)8-5/h2-9,11H,12-13H2,1H3,(H,28,30,32)(H,29,31,33);1-5,7H,8-9H2,(H,25,26)(H,22,23,24);2-4H,1H3,(H2,7,8). The molecule has 19 heteroatoms. The Morgan fingerprint density at radius 1 is 0.657 bits per heavy atom. The molecule has 0 unspecified atom stereocenters. The molecule has 67 heavy (non-hydrogen) atoms. The predicted molar refractivity (Wildman–Crippen MR) is 237 cm³/mol. The summed E-state index contributed by atoms with van der Waals surface area (Å²) >= 11 is 0. The first-order valence-corrected chi connectivity index (χ1v) is 20.6. The van der Waals surface area contributed by atoms with Gasteiger partial charge >= 0.3 is 5.97 Å². The number of anilines is 2. The highest BCUT2D eigenvalue weighted by atomic mass is 19.3. The smallest absolute Gasteiger partial charge is 0.335 e. The van der Waals surface area contributed by atoms with Gasteiger partial charge < -0.3 is 26.1 Å². The number of hydrogen-bond donors (Lipinski definition) is 5. The molecule has 2 aliphatic rings. The molecule has 2 fully saturated rings. The number of nitrogens with zero attached hydrogens (tertiary/aromatic N) is 8. The summed E-state index contributed by atoms with van der Waals surface area (Å²) in [6.45, 7) is 3.74. The quantitative estimate of drug-likeness (QED) is 0.0942. The van der Waals surface area contributed by atoms with Gasteiger partial charge in [0.25, 0.3) is 17.8 Å². The van der Waals surface area contributed by atoms with Crippen molar-refractivity contribution >= 4 is 45.8 Å². The number of rotatable bonds is 7. The second kappa shape index (κ2) is 17.4. The van der Waals surface area contributed by atoms with Crippen molar-refractivity contribution in [1.82, 2.24) is 39.9 Å². The minimum atomic E-state index is -2.82. The van der Waals surface area contributed by atoms with Crippen molar-refractivity contribution < 1.29 is 32.3 Å². The van der Waals surface area contributed by atoms with Crippen LogP contribution in [0.4, 0.5) is 29.2 Å². The molecule has 8 aromatic rings. The highest BCUT2D eigenvalue weighted by Gasteiger charge is 2.61. The number of pyridine rings is 4. The molecular weight excluding hydrogens is 869 g/mol. The number of halogens is 4. The Morgan fingerprint density at radius 2 is 1.10 bits per heavy atom. The number of benzene rings is 2. The van der Waals surface area contributed by atoms with Crippen molar-refractivity contribution in [3.05, 3.63) is 166 Å². The summed E-state index contributed by atoms with van der Waals surface area (Å²) < 4.78 is 55.8. The van der Waals surface area contributed by atoms with Crippen LogP contribution in [0, 0.1) is 36.5 Å². The number of aryl methyl sites for hydroxylation is 2. The summed E-state index contributed by atoms with van der Waals surface area (Å²) in [5.41, 5.74) is 9.06. The molecular formula is C48H38F4N12O3. The first kappa shape index (κ1) is 45.0. The van der Waals surface area contributed by atoms with E-state index in [4.69, 9.17) is 21.4 Å². The molecule has 0 bridgehead atoms. The van der Waals surface area contributed by atoms with Gasteiger partial charge in [-0.15, -0.1) is 0 Å². The highest BCUT2D eigenvalue weighted by molar-refractivity contribution is 6.03. The lowest BCUT2D eigenvalue weighted by molar-refractivity contribution is -0.116. The van der Waals surface area contributed by atoms with E-state index in [1.54, 1.807) is 66.7 Å². The summed E-state index contributed by atoms with van der Waals surface area (Å²) in [4.78, 5) is 54.9. The molecule has 15 nitrogen and oxygen atoms in total. The summed E-state index contributed by atoms with van der Waals surface area (Å²) in [6.07, 6.45) is 1.07. The van der Waals surface area contributed by atoms with E-state index in [0.29, 0.717) is 73.4 Å². The second-order valence-corrected chi connectivity index (χ2v) is 16.4. The molecule has 0 aliphatic heterocycles. The Hall–Kier alpha value is -8.58. The average molecular weight is 907 g/mol. The Balaban J connectivity index is 0.000000159. The Kier molecular flexibility index (Phi) is 11.7. The normalized spacial score (nSPS) is 15.8. The fourth-order valence-corrected chi connectivity index (χ4v) is 8.29. The number of carboxylic acid groups (broad SMARTS) is 1. The van der Waals surface area contributed by atoms with Gasteiger partial charge in [-0.05, 0) is 85.6 Å². The third-order valence-electron chi connectivity index (χ3n) is 11.5. The number of fused-ring (bicyclic) bond motifs is 2. The largest absolute Gasteiger partial charge is 0.478 e. The SMILES string of the molecule is Cc1cccc(N)n1.Cc1cccc(NC(=O)c2ccc(C3(c4nc5ncc(C#N)cc5[nH]4)CC(F)(F)C3)cc2)n1.N#Cc1cnc2nc(C3(c4ccc(C(=O)O)cc4)CC(F)(F)C3)[nH]c2c1. The van der Waals surface area contributed by atoms with Gasteiger partial charge in [-0.25, -0.2) is 52.3 Å². The maximum absolute atomic E-state index is 14.1. The van der Waals surface area contributed by atoms with E-state index in [9.17, 15) is 27.2 Å². The zero-order valence-corrected chi connectivity index (χ0v) is 35.7. The number of carbonyl (C=O) groups excluding carboxylic acids is 1. The number of alkyl halides is 4. The molecule has 6 heterocycles. The van der Waals surface area contributed by atoms with E-state index in [-0.39, 0.29) is 11.5 Å². The van der Waals surface area contributed by atoms with Crippen LogP contribution in [-0.4, -0.2) is 68.7 Å². The number of aromatic carboxylic acids is 1.